The summed E-state index contributed by atoms with van der Waals surface area (Å²) in [5.41, 5.74) is 10.0. The summed E-state index contributed by atoms with van der Waals surface area (Å²) in [7, 11) is 0. The average molecular weight is 700 g/mol. The Balaban J connectivity index is 1.13. The second kappa shape index (κ2) is 11.7. The summed E-state index contributed by atoms with van der Waals surface area (Å²) < 4.78 is 11.6. The van der Waals surface area contributed by atoms with Crippen molar-refractivity contribution in [1.29, 1.82) is 0 Å². The Morgan fingerprint density at radius 3 is 1.92 bits per heavy atom. The van der Waals surface area contributed by atoms with E-state index in [1.165, 1.54) is 62.6 Å². The lowest BCUT2D eigenvalue weighted by atomic mass is 10.0. The Hall–Kier alpha value is -6.20. The van der Waals surface area contributed by atoms with Crippen molar-refractivity contribution >= 4 is 102 Å². The van der Waals surface area contributed by atoms with Gasteiger partial charge in [0.2, 0.25) is 0 Å². The van der Waals surface area contributed by atoms with Gasteiger partial charge in [-0.3, -0.25) is 0 Å². The number of nitrogens with zero attached hydrogens (tertiary/aromatic N) is 1. The molecule has 0 spiro atoms. The van der Waals surface area contributed by atoms with E-state index in [2.05, 4.69) is 175 Å². The third-order valence-corrected chi connectivity index (χ3v) is 12.7. The lowest BCUT2D eigenvalue weighted by Crippen LogP contribution is -2.10. The summed E-state index contributed by atoms with van der Waals surface area (Å²) in [6, 6.07) is 63.6. The fraction of sp³-hybridized carbons (Fsp3) is 0. The number of furan rings is 1. The van der Waals surface area contributed by atoms with Crippen LogP contribution in [0.2, 0.25) is 0 Å². The summed E-state index contributed by atoms with van der Waals surface area (Å²) in [4.78, 5) is 2.43. The number of anilines is 3. The van der Waals surface area contributed by atoms with Crippen molar-refractivity contribution in [2.24, 2.45) is 0 Å². The van der Waals surface area contributed by atoms with E-state index in [1.54, 1.807) is 0 Å². The summed E-state index contributed by atoms with van der Waals surface area (Å²) in [6.45, 7) is 0. The Bertz CT molecular complexity index is 3130. The largest absolute Gasteiger partial charge is 0.456 e. The molecule has 244 valence electrons. The van der Waals surface area contributed by atoms with Crippen LogP contribution in [0.5, 0.6) is 0 Å². The molecule has 0 radical (unpaired) electrons. The quantitative estimate of drug-likeness (QED) is 0.178. The van der Waals surface area contributed by atoms with Crippen molar-refractivity contribution in [2.75, 3.05) is 4.90 Å². The SMILES string of the molecule is c1ccc(-c2cccc3c2sc2c(N(c4ccc(-c5ccc6sc7ccccc7c6c5)cc4)c4cccc5oc6ccccc6c45)cccc23)cc1. The smallest absolute Gasteiger partial charge is 0.137 e. The zero-order chi connectivity index (χ0) is 34.2. The van der Waals surface area contributed by atoms with Gasteiger partial charge in [0.1, 0.15) is 11.2 Å². The fourth-order valence-electron chi connectivity index (χ4n) is 7.89. The van der Waals surface area contributed by atoms with Gasteiger partial charge < -0.3 is 9.32 Å². The van der Waals surface area contributed by atoms with Crippen LogP contribution in [0.15, 0.2) is 180 Å². The van der Waals surface area contributed by atoms with E-state index < -0.39 is 0 Å². The van der Waals surface area contributed by atoms with Crippen LogP contribution in [0.3, 0.4) is 0 Å². The maximum atomic E-state index is 6.43. The van der Waals surface area contributed by atoms with E-state index in [9.17, 15) is 0 Å². The third kappa shape index (κ3) is 4.55. The van der Waals surface area contributed by atoms with Crippen LogP contribution >= 0.6 is 22.7 Å². The summed E-state index contributed by atoms with van der Waals surface area (Å²) in [5.74, 6) is 0. The Morgan fingerprint density at radius 1 is 0.385 bits per heavy atom. The fourth-order valence-corrected chi connectivity index (χ4v) is 10.3. The highest BCUT2D eigenvalue weighted by molar-refractivity contribution is 7.27. The van der Waals surface area contributed by atoms with E-state index in [0.29, 0.717) is 0 Å². The van der Waals surface area contributed by atoms with E-state index in [4.69, 9.17) is 4.42 Å². The Labute approximate surface area is 308 Å². The first-order valence-electron chi connectivity index (χ1n) is 17.5. The minimum absolute atomic E-state index is 0.881. The third-order valence-electron chi connectivity index (χ3n) is 10.3. The summed E-state index contributed by atoms with van der Waals surface area (Å²) >= 11 is 3.74. The number of thiophene rings is 2. The molecule has 4 heteroatoms. The topological polar surface area (TPSA) is 16.4 Å². The van der Waals surface area contributed by atoms with Crippen LogP contribution < -0.4 is 4.90 Å². The first kappa shape index (κ1) is 29.5. The van der Waals surface area contributed by atoms with Crippen molar-refractivity contribution in [3.05, 3.63) is 176 Å². The van der Waals surface area contributed by atoms with Gasteiger partial charge in [0.05, 0.1) is 21.5 Å². The van der Waals surface area contributed by atoms with Gasteiger partial charge >= 0.3 is 0 Å². The molecule has 0 fully saturated rings. The van der Waals surface area contributed by atoms with Gasteiger partial charge in [-0.15, -0.1) is 22.7 Å². The second-order valence-corrected chi connectivity index (χ2v) is 15.3. The lowest BCUT2D eigenvalue weighted by Gasteiger charge is -2.27. The molecule has 0 aliphatic rings. The molecule has 0 amide bonds. The van der Waals surface area contributed by atoms with Crippen molar-refractivity contribution in [1.82, 2.24) is 0 Å². The molecule has 0 saturated carbocycles. The van der Waals surface area contributed by atoms with Crippen LogP contribution in [-0.2, 0) is 0 Å². The highest BCUT2D eigenvalue weighted by atomic mass is 32.1. The van der Waals surface area contributed by atoms with Crippen LogP contribution in [0.1, 0.15) is 0 Å². The number of para-hydroxylation sites is 1. The summed E-state index contributed by atoms with van der Waals surface area (Å²) in [6.07, 6.45) is 0. The first-order valence-corrected chi connectivity index (χ1v) is 19.1. The monoisotopic (exact) mass is 699 g/mol. The molecule has 0 atom stereocenters. The number of hydrogen-bond acceptors (Lipinski definition) is 4. The lowest BCUT2D eigenvalue weighted by molar-refractivity contribution is 0.669. The molecule has 3 aromatic heterocycles. The molecule has 2 nitrogen and oxygen atoms in total. The van der Waals surface area contributed by atoms with Gasteiger partial charge in [0.15, 0.2) is 0 Å². The maximum Gasteiger partial charge on any atom is 0.137 e. The molecule has 0 N–H and O–H groups in total. The van der Waals surface area contributed by atoms with Gasteiger partial charge in [0, 0.05) is 46.7 Å². The van der Waals surface area contributed by atoms with Crippen molar-refractivity contribution < 1.29 is 4.42 Å². The van der Waals surface area contributed by atoms with Crippen LogP contribution in [0, 0.1) is 0 Å². The Kier molecular flexibility index (Phi) is 6.63. The predicted molar refractivity (Wildman–Crippen MR) is 225 cm³/mol. The number of hydrogen-bond donors (Lipinski definition) is 0. The molecular weight excluding hydrogens is 671 g/mol. The first-order chi connectivity index (χ1) is 25.8. The highest BCUT2D eigenvalue weighted by Gasteiger charge is 2.23. The van der Waals surface area contributed by atoms with E-state index >= 15 is 0 Å². The Morgan fingerprint density at radius 2 is 1.04 bits per heavy atom. The van der Waals surface area contributed by atoms with Crippen molar-refractivity contribution in [3.63, 3.8) is 0 Å². The average Bonchev–Trinajstić information content (AvgIpc) is 3.90. The van der Waals surface area contributed by atoms with Gasteiger partial charge in [-0.1, -0.05) is 121 Å². The highest BCUT2D eigenvalue weighted by Crippen LogP contribution is 2.49. The maximum absolute atomic E-state index is 6.43. The van der Waals surface area contributed by atoms with Gasteiger partial charge in [-0.2, -0.15) is 0 Å². The molecule has 0 bridgehead atoms. The minimum atomic E-state index is 0.881. The standard InChI is InChI=1S/C48H29NOS2/c1-2-11-31(12-3-1)34-15-8-16-36-37-17-9-19-41(48(37)52-47(34)36)49(40-18-10-21-43-46(40)38-14-4-6-20-42(38)50-43)33-26-23-30(24-27-33)32-25-28-45-39(29-32)35-13-5-7-22-44(35)51-45/h1-29H. The van der Waals surface area contributed by atoms with Gasteiger partial charge in [0.25, 0.3) is 0 Å². The van der Waals surface area contributed by atoms with E-state index in [0.717, 1.165) is 39.0 Å². The molecule has 52 heavy (non-hydrogen) atoms. The molecule has 0 saturated heterocycles. The number of benzene rings is 8. The van der Waals surface area contributed by atoms with Crippen LogP contribution in [0.4, 0.5) is 17.1 Å². The molecular formula is C48H29NOS2. The van der Waals surface area contributed by atoms with Crippen LogP contribution in [0.25, 0.3) is 84.5 Å². The second-order valence-electron chi connectivity index (χ2n) is 13.2. The zero-order valence-corrected chi connectivity index (χ0v) is 29.5. The van der Waals surface area contributed by atoms with Crippen LogP contribution in [-0.4, -0.2) is 0 Å². The number of rotatable bonds is 5. The van der Waals surface area contributed by atoms with Gasteiger partial charge in [-0.05, 0) is 76.9 Å². The van der Waals surface area contributed by atoms with Gasteiger partial charge in [-0.25, -0.2) is 0 Å². The molecule has 0 aliphatic heterocycles. The van der Waals surface area contributed by atoms with E-state index in [-0.39, 0.29) is 0 Å². The van der Waals surface area contributed by atoms with E-state index in [1.807, 2.05) is 28.7 Å². The molecule has 11 rings (SSSR count). The normalized spacial score (nSPS) is 11.8. The molecule has 3 heterocycles. The molecule has 0 aliphatic carbocycles. The molecule has 0 unspecified atom stereocenters. The zero-order valence-electron chi connectivity index (χ0n) is 27.9. The molecule has 8 aromatic carbocycles. The van der Waals surface area contributed by atoms with Crippen molar-refractivity contribution in [2.45, 2.75) is 0 Å². The molecule has 11 aromatic rings. The summed E-state index contributed by atoms with van der Waals surface area (Å²) in [5, 5.41) is 7.40. The number of fused-ring (bicyclic) bond motifs is 9. The minimum Gasteiger partial charge on any atom is -0.456 e. The van der Waals surface area contributed by atoms with Crippen molar-refractivity contribution in [3.8, 4) is 22.3 Å². The predicted octanol–water partition coefficient (Wildman–Crippen LogP) is 15.1.